The lowest BCUT2D eigenvalue weighted by molar-refractivity contribution is -0.116. The normalized spacial score (nSPS) is 16.3. The number of halogens is 2. The summed E-state index contributed by atoms with van der Waals surface area (Å²) in [7, 11) is 0. The molecule has 0 radical (unpaired) electrons. The van der Waals surface area contributed by atoms with E-state index in [1.807, 2.05) is 0 Å². The van der Waals surface area contributed by atoms with Crippen molar-refractivity contribution >= 4 is 11.7 Å². The molecule has 2 aromatic rings. The topological polar surface area (TPSA) is 73.9 Å². The molecule has 28 heavy (non-hydrogen) atoms. The molecule has 2 aromatic heterocycles. The molecule has 3 heterocycles. The zero-order chi connectivity index (χ0) is 20.3. The standard InChI is InChI=1S/C20H27F2N5O/c1-13-10-15(12-23-19(13)20(3,21)22)16-11-17(26-25-16)24-18(28)7-6-14(2)27-8-4-5-9-27/h10-12,14H,4-9H2,1-3H3,(H2,24,25,26,28). The summed E-state index contributed by atoms with van der Waals surface area (Å²) in [4.78, 5) is 18.5. The van der Waals surface area contributed by atoms with E-state index in [1.54, 1.807) is 19.1 Å². The molecule has 1 aliphatic heterocycles. The second-order valence-electron chi connectivity index (χ2n) is 7.62. The van der Waals surface area contributed by atoms with Crippen LogP contribution in [0.2, 0.25) is 0 Å². The van der Waals surface area contributed by atoms with Crippen LogP contribution in [-0.4, -0.2) is 45.1 Å². The number of amides is 1. The van der Waals surface area contributed by atoms with Gasteiger partial charge in [0, 0.05) is 37.2 Å². The fourth-order valence-corrected chi connectivity index (χ4v) is 3.63. The van der Waals surface area contributed by atoms with Crippen LogP contribution in [0.5, 0.6) is 0 Å². The first-order valence-electron chi connectivity index (χ1n) is 9.68. The van der Waals surface area contributed by atoms with Gasteiger partial charge < -0.3 is 10.2 Å². The molecule has 1 aliphatic rings. The largest absolute Gasteiger partial charge is 0.309 e. The number of pyridine rings is 1. The maximum Gasteiger partial charge on any atom is 0.287 e. The molecular formula is C20H27F2N5O. The van der Waals surface area contributed by atoms with E-state index < -0.39 is 5.92 Å². The van der Waals surface area contributed by atoms with Crippen molar-refractivity contribution in [3.05, 3.63) is 29.6 Å². The Hall–Kier alpha value is -2.35. The summed E-state index contributed by atoms with van der Waals surface area (Å²) >= 11 is 0. The summed E-state index contributed by atoms with van der Waals surface area (Å²) in [5.41, 5.74) is 1.42. The Labute approximate surface area is 163 Å². The quantitative estimate of drug-likeness (QED) is 0.745. The lowest BCUT2D eigenvalue weighted by Gasteiger charge is -2.23. The molecule has 0 aromatic carbocycles. The fourth-order valence-electron chi connectivity index (χ4n) is 3.63. The number of carbonyl (C=O) groups excluding carboxylic acids is 1. The lowest BCUT2D eigenvalue weighted by atomic mass is 10.1. The minimum absolute atomic E-state index is 0.0839. The Kier molecular flexibility index (Phi) is 6.07. The number of nitrogens with one attached hydrogen (secondary N) is 2. The van der Waals surface area contributed by atoms with E-state index in [0.717, 1.165) is 26.4 Å². The van der Waals surface area contributed by atoms with Gasteiger partial charge in [0.1, 0.15) is 5.69 Å². The van der Waals surface area contributed by atoms with Crippen molar-refractivity contribution in [2.75, 3.05) is 18.4 Å². The number of H-pyrrole nitrogens is 1. The van der Waals surface area contributed by atoms with Crippen LogP contribution in [0.3, 0.4) is 0 Å². The highest BCUT2D eigenvalue weighted by molar-refractivity contribution is 5.90. The summed E-state index contributed by atoms with van der Waals surface area (Å²) in [5, 5.41) is 9.70. The van der Waals surface area contributed by atoms with Gasteiger partial charge in [-0.25, -0.2) is 0 Å². The number of carbonyl (C=O) groups is 1. The zero-order valence-electron chi connectivity index (χ0n) is 16.6. The third-order valence-corrected chi connectivity index (χ3v) is 5.20. The monoisotopic (exact) mass is 391 g/mol. The van der Waals surface area contributed by atoms with Crippen LogP contribution in [-0.2, 0) is 10.7 Å². The van der Waals surface area contributed by atoms with Crippen LogP contribution < -0.4 is 5.32 Å². The third-order valence-electron chi connectivity index (χ3n) is 5.20. The molecule has 0 saturated carbocycles. The number of hydrogen-bond acceptors (Lipinski definition) is 4. The highest BCUT2D eigenvalue weighted by Gasteiger charge is 2.28. The number of rotatable bonds is 7. The van der Waals surface area contributed by atoms with Crippen molar-refractivity contribution < 1.29 is 13.6 Å². The summed E-state index contributed by atoms with van der Waals surface area (Å²) in [6.45, 7) is 6.81. The predicted octanol–water partition coefficient (Wildman–Crippen LogP) is 4.09. The second-order valence-corrected chi connectivity index (χ2v) is 7.62. The molecule has 3 rings (SSSR count). The Balaban J connectivity index is 1.58. The molecular weight excluding hydrogens is 364 g/mol. The number of likely N-dealkylation sites (tertiary alicyclic amines) is 1. The number of aromatic amines is 1. The molecule has 0 bridgehead atoms. The van der Waals surface area contributed by atoms with Crippen LogP contribution in [0.4, 0.5) is 14.6 Å². The molecule has 6 nitrogen and oxygen atoms in total. The molecule has 0 spiro atoms. The van der Waals surface area contributed by atoms with Gasteiger partial charge in [0.05, 0.1) is 5.69 Å². The van der Waals surface area contributed by atoms with Crippen LogP contribution in [0.25, 0.3) is 11.3 Å². The van der Waals surface area contributed by atoms with Crippen molar-refractivity contribution in [1.29, 1.82) is 0 Å². The van der Waals surface area contributed by atoms with Gasteiger partial charge >= 0.3 is 0 Å². The molecule has 0 aliphatic carbocycles. The zero-order valence-corrected chi connectivity index (χ0v) is 16.6. The summed E-state index contributed by atoms with van der Waals surface area (Å²) < 4.78 is 27.0. The first-order chi connectivity index (χ1) is 13.2. The van der Waals surface area contributed by atoms with Crippen LogP contribution in [0.1, 0.15) is 50.8 Å². The van der Waals surface area contributed by atoms with Gasteiger partial charge in [0.2, 0.25) is 5.91 Å². The highest BCUT2D eigenvalue weighted by atomic mass is 19.3. The fraction of sp³-hybridized carbons (Fsp3) is 0.550. The van der Waals surface area contributed by atoms with E-state index >= 15 is 0 Å². The molecule has 1 fully saturated rings. The summed E-state index contributed by atoms with van der Waals surface area (Å²) in [5.74, 6) is -2.65. The summed E-state index contributed by atoms with van der Waals surface area (Å²) in [6, 6.07) is 3.71. The molecule has 1 saturated heterocycles. The van der Waals surface area contributed by atoms with Gasteiger partial charge in [0.25, 0.3) is 5.92 Å². The highest BCUT2D eigenvalue weighted by Crippen LogP contribution is 2.30. The van der Waals surface area contributed by atoms with Gasteiger partial charge in [0.15, 0.2) is 5.82 Å². The minimum atomic E-state index is -2.98. The van der Waals surface area contributed by atoms with Crippen LogP contribution in [0.15, 0.2) is 18.3 Å². The average molecular weight is 391 g/mol. The van der Waals surface area contributed by atoms with E-state index in [2.05, 4.69) is 32.3 Å². The van der Waals surface area contributed by atoms with Crippen LogP contribution >= 0.6 is 0 Å². The van der Waals surface area contributed by atoms with Gasteiger partial charge in [-0.3, -0.25) is 14.9 Å². The minimum Gasteiger partial charge on any atom is -0.309 e. The molecule has 1 amide bonds. The van der Waals surface area contributed by atoms with Gasteiger partial charge in [-0.05, 0) is 57.8 Å². The lowest BCUT2D eigenvalue weighted by Crippen LogP contribution is -2.31. The second kappa shape index (κ2) is 8.34. The first kappa shape index (κ1) is 20.4. The Morgan fingerprint density at radius 1 is 1.36 bits per heavy atom. The van der Waals surface area contributed by atoms with Gasteiger partial charge in [-0.2, -0.15) is 13.9 Å². The molecule has 2 N–H and O–H groups in total. The third kappa shape index (κ3) is 4.92. The maximum absolute atomic E-state index is 13.5. The Morgan fingerprint density at radius 2 is 2.07 bits per heavy atom. The van der Waals surface area contributed by atoms with E-state index in [4.69, 9.17) is 0 Å². The maximum atomic E-state index is 13.5. The molecule has 152 valence electrons. The van der Waals surface area contributed by atoms with Crippen molar-refractivity contribution in [3.8, 4) is 11.3 Å². The number of aromatic nitrogens is 3. The van der Waals surface area contributed by atoms with E-state index in [9.17, 15) is 13.6 Å². The van der Waals surface area contributed by atoms with E-state index in [1.165, 1.54) is 19.0 Å². The Morgan fingerprint density at radius 3 is 2.71 bits per heavy atom. The average Bonchev–Trinajstić information content (AvgIpc) is 3.30. The molecule has 1 atom stereocenters. The van der Waals surface area contributed by atoms with E-state index in [-0.39, 0.29) is 11.6 Å². The number of hydrogen-bond donors (Lipinski definition) is 2. The van der Waals surface area contributed by atoms with Gasteiger partial charge in [-0.1, -0.05) is 0 Å². The number of nitrogens with zero attached hydrogens (tertiary/aromatic N) is 3. The molecule has 8 heteroatoms. The Bertz CT molecular complexity index is 824. The van der Waals surface area contributed by atoms with Crippen molar-refractivity contribution in [2.45, 2.75) is 58.4 Å². The first-order valence-corrected chi connectivity index (χ1v) is 9.68. The summed E-state index contributed by atoms with van der Waals surface area (Å²) in [6.07, 6.45) is 5.09. The number of alkyl halides is 2. The number of aryl methyl sites for hydroxylation is 1. The van der Waals surface area contributed by atoms with Crippen molar-refractivity contribution in [2.24, 2.45) is 0 Å². The number of anilines is 1. The molecule has 1 unspecified atom stereocenters. The van der Waals surface area contributed by atoms with Gasteiger partial charge in [-0.15, -0.1) is 0 Å². The predicted molar refractivity (Wildman–Crippen MR) is 104 cm³/mol. The smallest absolute Gasteiger partial charge is 0.287 e. The SMILES string of the molecule is Cc1cc(-c2cc(NC(=O)CCC(C)N3CCCC3)n[nH]2)cnc1C(C)(F)F. The van der Waals surface area contributed by atoms with E-state index in [0.29, 0.717) is 35.1 Å². The van der Waals surface area contributed by atoms with Crippen LogP contribution in [0, 0.1) is 6.92 Å². The van der Waals surface area contributed by atoms with Crippen molar-refractivity contribution in [1.82, 2.24) is 20.1 Å². The van der Waals surface area contributed by atoms with Crippen molar-refractivity contribution in [3.63, 3.8) is 0 Å².